The van der Waals surface area contributed by atoms with Gasteiger partial charge in [0.2, 0.25) is 10.0 Å². The minimum Gasteiger partial charge on any atom is -0.336 e. The molecule has 0 aliphatic rings. The van der Waals surface area contributed by atoms with Crippen LogP contribution in [0, 0.1) is 0 Å². The molecule has 0 spiro atoms. The predicted octanol–water partition coefficient (Wildman–Crippen LogP) is 1.49. The Hall–Kier alpha value is -1.60. The van der Waals surface area contributed by atoms with Crippen molar-refractivity contribution in [1.82, 2.24) is 10.6 Å². The largest absolute Gasteiger partial charge is 0.336 e. The van der Waals surface area contributed by atoms with E-state index in [1.165, 1.54) is 12.1 Å². The van der Waals surface area contributed by atoms with Crippen molar-refractivity contribution in [3.8, 4) is 0 Å². The highest BCUT2D eigenvalue weighted by Crippen LogP contribution is 2.15. The standard InChI is InChI=1S/C13H21N3O3S/c1-4-9(2)15-13(17)16-10(3)11-5-7-12(8-6-11)20(14,18)19/h5-10H,4H2,1-3H3,(H2,14,18,19)(H2,15,16,17)/t9-,10-/m1/s1. The molecule has 0 aliphatic heterocycles. The van der Waals surface area contributed by atoms with Gasteiger partial charge in [-0.3, -0.25) is 0 Å². The molecule has 6 nitrogen and oxygen atoms in total. The second kappa shape index (κ2) is 6.71. The maximum atomic E-state index is 11.7. The maximum absolute atomic E-state index is 11.7. The zero-order valence-electron chi connectivity index (χ0n) is 11.9. The minimum atomic E-state index is -3.69. The fraction of sp³-hybridized carbons (Fsp3) is 0.462. The number of primary sulfonamides is 1. The van der Waals surface area contributed by atoms with Crippen molar-refractivity contribution in [2.75, 3.05) is 0 Å². The number of nitrogens with one attached hydrogen (secondary N) is 2. The zero-order chi connectivity index (χ0) is 15.3. The molecule has 0 fully saturated rings. The Morgan fingerprint density at radius 1 is 1.20 bits per heavy atom. The molecule has 0 saturated heterocycles. The molecular formula is C13H21N3O3S. The average molecular weight is 299 g/mol. The second-order valence-electron chi connectivity index (χ2n) is 4.76. The molecule has 1 aromatic rings. The van der Waals surface area contributed by atoms with Crippen LogP contribution < -0.4 is 15.8 Å². The molecule has 1 aromatic carbocycles. The van der Waals surface area contributed by atoms with Crippen LogP contribution in [0.25, 0.3) is 0 Å². The van der Waals surface area contributed by atoms with Crippen molar-refractivity contribution < 1.29 is 13.2 Å². The Bertz CT molecular complexity index is 555. The molecule has 1 rings (SSSR count). The van der Waals surface area contributed by atoms with Crippen LogP contribution in [0.15, 0.2) is 29.2 Å². The van der Waals surface area contributed by atoms with Gasteiger partial charge in [0.05, 0.1) is 10.9 Å². The Balaban J connectivity index is 2.69. The van der Waals surface area contributed by atoms with Gasteiger partial charge in [0.15, 0.2) is 0 Å². The van der Waals surface area contributed by atoms with Gasteiger partial charge in [-0.15, -0.1) is 0 Å². The number of urea groups is 1. The lowest BCUT2D eigenvalue weighted by molar-refractivity contribution is 0.234. The number of rotatable bonds is 5. The van der Waals surface area contributed by atoms with Crippen LogP contribution in [0.5, 0.6) is 0 Å². The van der Waals surface area contributed by atoms with E-state index >= 15 is 0 Å². The summed E-state index contributed by atoms with van der Waals surface area (Å²) in [5.74, 6) is 0. The van der Waals surface area contributed by atoms with E-state index in [4.69, 9.17) is 5.14 Å². The molecule has 7 heteroatoms. The molecule has 0 aliphatic carbocycles. The van der Waals surface area contributed by atoms with Crippen LogP contribution in [0.4, 0.5) is 4.79 Å². The van der Waals surface area contributed by atoms with Gasteiger partial charge in [-0.2, -0.15) is 0 Å². The van der Waals surface area contributed by atoms with Gasteiger partial charge >= 0.3 is 6.03 Å². The highest BCUT2D eigenvalue weighted by molar-refractivity contribution is 7.89. The number of carbonyl (C=O) groups is 1. The molecule has 112 valence electrons. The SMILES string of the molecule is CC[C@@H](C)NC(=O)N[C@H](C)c1ccc(S(N)(=O)=O)cc1. The van der Waals surface area contributed by atoms with Crippen molar-refractivity contribution in [1.29, 1.82) is 0 Å². The second-order valence-corrected chi connectivity index (χ2v) is 6.32. The van der Waals surface area contributed by atoms with Gasteiger partial charge in [-0.05, 0) is 38.0 Å². The van der Waals surface area contributed by atoms with Crippen LogP contribution >= 0.6 is 0 Å². The quantitative estimate of drug-likeness (QED) is 0.767. The Morgan fingerprint density at radius 2 is 1.75 bits per heavy atom. The van der Waals surface area contributed by atoms with E-state index in [9.17, 15) is 13.2 Å². The van der Waals surface area contributed by atoms with E-state index in [0.717, 1.165) is 12.0 Å². The summed E-state index contributed by atoms with van der Waals surface area (Å²) >= 11 is 0. The van der Waals surface area contributed by atoms with Crippen LogP contribution in [0.1, 0.15) is 38.8 Å². The normalized spacial score (nSPS) is 14.4. The number of amides is 2. The molecule has 0 bridgehead atoms. The maximum Gasteiger partial charge on any atom is 0.315 e. The summed E-state index contributed by atoms with van der Waals surface area (Å²) in [5.41, 5.74) is 0.803. The molecule has 2 amide bonds. The molecule has 0 saturated carbocycles. The van der Waals surface area contributed by atoms with Crippen LogP contribution in [-0.2, 0) is 10.0 Å². The lowest BCUT2D eigenvalue weighted by Crippen LogP contribution is -2.41. The van der Waals surface area contributed by atoms with Gasteiger partial charge in [-0.1, -0.05) is 19.1 Å². The topological polar surface area (TPSA) is 101 Å². The first-order chi connectivity index (χ1) is 9.24. The fourth-order valence-corrected chi connectivity index (χ4v) is 2.11. The third kappa shape index (κ3) is 4.82. The van der Waals surface area contributed by atoms with Gasteiger partial charge in [0, 0.05) is 6.04 Å². The number of hydrogen-bond acceptors (Lipinski definition) is 3. The number of sulfonamides is 1. The first-order valence-electron chi connectivity index (χ1n) is 6.43. The molecule has 0 unspecified atom stereocenters. The monoisotopic (exact) mass is 299 g/mol. The molecular weight excluding hydrogens is 278 g/mol. The van der Waals surface area contributed by atoms with E-state index < -0.39 is 10.0 Å². The zero-order valence-corrected chi connectivity index (χ0v) is 12.7. The predicted molar refractivity (Wildman–Crippen MR) is 77.7 cm³/mol. The van der Waals surface area contributed by atoms with Crippen LogP contribution in [0.3, 0.4) is 0 Å². The van der Waals surface area contributed by atoms with Crippen LogP contribution in [-0.4, -0.2) is 20.5 Å². The number of carbonyl (C=O) groups excluding carboxylic acids is 1. The van der Waals surface area contributed by atoms with Crippen molar-refractivity contribution >= 4 is 16.1 Å². The third-order valence-corrected chi connectivity index (χ3v) is 3.98. The molecule has 20 heavy (non-hydrogen) atoms. The van der Waals surface area contributed by atoms with Crippen LogP contribution in [0.2, 0.25) is 0 Å². The molecule has 0 heterocycles. The first-order valence-corrected chi connectivity index (χ1v) is 7.98. The van der Waals surface area contributed by atoms with E-state index in [1.807, 2.05) is 20.8 Å². The first kappa shape index (κ1) is 16.5. The summed E-state index contributed by atoms with van der Waals surface area (Å²) in [5, 5.41) is 10.6. The van der Waals surface area contributed by atoms with Crippen molar-refractivity contribution in [2.45, 2.75) is 44.2 Å². The van der Waals surface area contributed by atoms with Gasteiger partial charge in [0.25, 0.3) is 0 Å². The summed E-state index contributed by atoms with van der Waals surface area (Å²) < 4.78 is 22.3. The third-order valence-electron chi connectivity index (χ3n) is 3.05. The lowest BCUT2D eigenvalue weighted by Gasteiger charge is -2.17. The average Bonchev–Trinajstić information content (AvgIpc) is 2.37. The van der Waals surface area contributed by atoms with Crippen molar-refractivity contribution in [2.24, 2.45) is 5.14 Å². The number of nitrogens with two attached hydrogens (primary N) is 1. The van der Waals surface area contributed by atoms with Gasteiger partial charge in [-0.25, -0.2) is 18.4 Å². The smallest absolute Gasteiger partial charge is 0.315 e. The lowest BCUT2D eigenvalue weighted by atomic mass is 10.1. The van der Waals surface area contributed by atoms with E-state index in [-0.39, 0.29) is 23.0 Å². The van der Waals surface area contributed by atoms with Crippen molar-refractivity contribution in [3.63, 3.8) is 0 Å². The highest BCUT2D eigenvalue weighted by atomic mass is 32.2. The summed E-state index contributed by atoms with van der Waals surface area (Å²) in [4.78, 5) is 11.7. The van der Waals surface area contributed by atoms with E-state index in [1.54, 1.807) is 12.1 Å². The summed E-state index contributed by atoms with van der Waals surface area (Å²) in [6.45, 7) is 5.73. The molecule has 0 radical (unpaired) electrons. The van der Waals surface area contributed by atoms with E-state index in [0.29, 0.717) is 0 Å². The Morgan fingerprint density at radius 3 is 2.20 bits per heavy atom. The molecule has 0 aromatic heterocycles. The Kier molecular flexibility index (Phi) is 5.52. The Labute approximate surface area is 119 Å². The highest BCUT2D eigenvalue weighted by Gasteiger charge is 2.12. The summed E-state index contributed by atoms with van der Waals surface area (Å²) in [7, 11) is -3.69. The van der Waals surface area contributed by atoms with Gasteiger partial charge in [0.1, 0.15) is 0 Å². The van der Waals surface area contributed by atoms with E-state index in [2.05, 4.69) is 10.6 Å². The van der Waals surface area contributed by atoms with Gasteiger partial charge < -0.3 is 10.6 Å². The molecule has 4 N–H and O–H groups in total. The summed E-state index contributed by atoms with van der Waals surface area (Å²) in [6.07, 6.45) is 0.852. The fourth-order valence-electron chi connectivity index (χ4n) is 1.59. The molecule has 2 atom stereocenters. The minimum absolute atomic E-state index is 0.0532. The number of hydrogen-bond donors (Lipinski definition) is 3. The van der Waals surface area contributed by atoms with Crippen molar-refractivity contribution in [3.05, 3.63) is 29.8 Å². The summed E-state index contributed by atoms with van der Waals surface area (Å²) in [6, 6.07) is 5.75. The number of benzene rings is 1.